The summed E-state index contributed by atoms with van der Waals surface area (Å²) in [6.45, 7) is 6.52. The fourth-order valence-corrected chi connectivity index (χ4v) is 2.27. The molecule has 1 aromatic rings. The Labute approximate surface area is 113 Å². The minimum atomic E-state index is -0.477. The third-order valence-electron chi connectivity index (χ3n) is 3.02. The SMILES string of the molecule is CC(C)(C)OC(=O)N[C@@H]1CCCN[C@H]1c1ccn[nH]1. The molecule has 1 amide bonds. The Balaban J connectivity index is 1.98. The number of rotatable bonds is 2. The van der Waals surface area contributed by atoms with Crippen LogP contribution < -0.4 is 10.6 Å². The number of nitrogens with zero attached hydrogens (tertiary/aromatic N) is 1. The lowest BCUT2D eigenvalue weighted by Crippen LogP contribution is -2.49. The van der Waals surface area contributed by atoms with Crippen molar-refractivity contribution in [3.8, 4) is 0 Å². The number of hydrogen-bond acceptors (Lipinski definition) is 4. The Morgan fingerprint density at radius 2 is 2.32 bits per heavy atom. The number of piperidine rings is 1. The van der Waals surface area contributed by atoms with Gasteiger partial charge in [0.25, 0.3) is 0 Å². The first-order valence-electron chi connectivity index (χ1n) is 6.68. The average molecular weight is 266 g/mol. The van der Waals surface area contributed by atoms with Crippen molar-refractivity contribution >= 4 is 6.09 Å². The zero-order valence-electron chi connectivity index (χ0n) is 11.7. The molecule has 0 unspecified atom stereocenters. The van der Waals surface area contributed by atoms with Gasteiger partial charge < -0.3 is 15.4 Å². The molecule has 2 heterocycles. The summed E-state index contributed by atoms with van der Waals surface area (Å²) >= 11 is 0. The highest BCUT2D eigenvalue weighted by atomic mass is 16.6. The molecule has 106 valence electrons. The second-order valence-electron chi connectivity index (χ2n) is 5.84. The van der Waals surface area contributed by atoms with Crippen LogP contribution in [0.15, 0.2) is 12.3 Å². The number of amides is 1. The second-order valence-corrected chi connectivity index (χ2v) is 5.84. The van der Waals surface area contributed by atoms with Crippen molar-refractivity contribution in [3.63, 3.8) is 0 Å². The molecular weight excluding hydrogens is 244 g/mol. The predicted molar refractivity (Wildman–Crippen MR) is 71.7 cm³/mol. The second kappa shape index (κ2) is 5.61. The summed E-state index contributed by atoms with van der Waals surface area (Å²) in [5, 5.41) is 13.3. The van der Waals surface area contributed by atoms with Gasteiger partial charge in [0, 0.05) is 6.20 Å². The van der Waals surface area contributed by atoms with Crippen LogP contribution in [0, 0.1) is 0 Å². The lowest BCUT2D eigenvalue weighted by Gasteiger charge is -2.33. The quantitative estimate of drug-likeness (QED) is 0.761. The van der Waals surface area contributed by atoms with Crippen molar-refractivity contribution in [2.45, 2.75) is 51.3 Å². The first-order valence-corrected chi connectivity index (χ1v) is 6.68. The first kappa shape index (κ1) is 13.9. The number of hydrogen-bond donors (Lipinski definition) is 3. The maximum absolute atomic E-state index is 11.9. The van der Waals surface area contributed by atoms with Gasteiger partial charge in [-0.05, 0) is 46.2 Å². The summed E-state index contributed by atoms with van der Waals surface area (Å²) in [6.07, 6.45) is 3.31. The Bertz CT molecular complexity index is 411. The summed E-state index contributed by atoms with van der Waals surface area (Å²) in [7, 11) is 0. The number of alkyl carbamates (subject to hydrolysis) is 1. The highest BCUT2D eigenvalue weighted by Gasteiger charge is 2.29. The molecule has 0 aliphatic carbocycles. The van der Waals surface area contributed by atoms with Gasteiger partial charge in [-0.15, -0.1) is 0 Å². The molecule has 1 saturated heterocycles. The average Bonchev–Trinajstić information content (AvgIpc) is 2.80. The summed E-state index contributed by atoms with van der Waals surface area (Å²) in [5.41, 5.74) is 0.510. The lowest BCUT2D eigenvalue weighted by molar-refractivity contribution is 0.0481. The first-order chi connectivity index (χ1) is 8.96. The number of nitrogens with one attached hydrogen (secondary N) is 3. The highest BCUT2D eigenvalue weighted by Crippen LogP contribution is 2.22. The molecule has 0 saturated carbocycles. The van der Waals surface area contributed by atoms with E-state index < -0.39 is 5.60 Å². The van der Waals surface area contributed by atoms with E-state index in [1.807, 2.05) is 26.8 Å². The van der Waals surface area contributed by atoms with Crippen LogP contribution in [-0.4, -0.2) is 34.5 Å². The van der Waals surface area contributed by atoms with Crippen LogP contribution in [0.2, 0.25) is 0 Å². The predicted octanol–water partition coefficient (Wildman–Crippen LogP) is 1.73. The van der Waals surface area contributed by atoms with E-state index in [0.717, 1.165) is 25.1 Å². The molecule has 6 heteroatoms. The molecule has 0 radical (unpaired) electrons. The highest BCUT2D eigenvalue weighted by molar-refractivity contribution is 5.68. The molecule has 1 aliphatic rings. The van der Waals surface area contributed by atoms with E-state index in [1.165, 1.54) is 0 Å². The van der Waals surface area contributed by atoms with Crippen LogP contribution in [0.4, 0.5) is 4.79 Å². The number of carbonyl (C=O) groups is 1. The van der Waals surface area contributed by atoms with Crippen LogP contribution in [0.25, 0.3) is 0 Å². The standard InChI is InChI=1S/C13H22N4O2/c1-13(2,3)19-12(18)16-9-5-4-7-14-11(9)10-6-8-15-17-10/h6,8-9,11,14H,4-5,7H2,1-3H3,(H,15,17)(H,16,18)/t9-,11-/m1/s1. The molecule has 0 bridgehead atoms. The number of ether oxygens (including phenoxy) is 1. The van der Waals surface area contributed by atoms with E-state index in [4.69, 9.17) is 4.74 Å². The summed E-state index contributed by atoms with van der Waals surface area (Å²) in [5.74, 6) is 0. The number of carbonyl (C=O) groups excluding carboxylic acids is 1. The molecule has 19 heavy (non-hydrogen) atoms. The minimum absolute atomic E-state index is 0.0176. The molecule has 1 aliphatic heterocycles. The minimum Gasteiger partial charge on any atom is -0.444 e. The van der Waals surface area contributed by atoms with Gasteiger partial charge in [-0.1, -0.05) is 0 Å². The van der Waals surface area contributed by atoms with Gasteiger partial charge in [0.05, 0.1) is 17.8 Å². The Morgan fingerprint density at radius 1 is 1.53 bits per heavy atom. The van der Waals surface area contributed by atoms with Crippen molar-refractivity contribution in [1.29, 1.82) is 0 Å². The summed E-state index contributed by atoms with van der Waals surface area (Å²) in [4.78, 5) is 11.9. The Kier molecular flexibility index (Phi) is 4.09. The van der Waals surface area contributed by atoms with Crippen LogP contribution >= 0.6 is 0 Å². The van der Waals surface area contributed by atoms with Crippen molar-refractivity contribution < 1.29 is 9.53 Å². The van der Waals surface area contributed by atoms with E-state index in [0.29, 0.717) is 0 Å². The summed E-state index contributed by atoms with van der Waals surface area (Å²) < 4.78 is 5.30. The zero-order valence-corrected chi connectivity index (χ0v) is 11.7. The van der Waals surface area contributed by atoms with Crippen LogP contribution in [0.1, 0.15) is 45.3 Å². The van der Waals surface area contributed by atoms with E-state index in [1.54, 1.807) is 6.20 Å². The molecule has 1 fully saturated rings. The topological polar surface area (TPSA) is 79.0 Å². The molecule has 6 nitrogen and oxygen atoms in total. The third-order valence-corrected chi connectivity index (χ3v) is 3.02. The molecular formula is C13H22N4O2. The van der Waals surface area contributed by atoms with Gasteiger partial charge in [-0.3, -0.25) is 5.10 Å². The van der Waals surface area contributed by atoms with Gasteiger partial charge in [0.15, 0.2) is 0 Å². The third kappa shape index (κ3) is 3.96. The number of aromatic nitrogens is 2. The largest absolute Gasteiger partial charge is 0.444 e. The van der Waals surface area contributed by atoms with Gasteiger partial charge in [0.1, 0.15) is 5.60 Å². The summed E-state index contributed by atoms with van der Waals surface area (Å²) in [6, 6.07) is 2.00. The Hall–Kier alpha value is -1.56. The fourth-order valence-electron chi connectivity index (χ4n) is 2.27. The van der Waals surface area contributed by atoms with Crippen molar-refractivity contribution in [2.75, 3.05) is 6.54 Å². The zero-order chi connectivity index (χ0) is 13.9. The maximum atomic E-state index is 11.9. The fraction of sp³-hybridized carbons (Fsp3) is 0.692. The van der Waals surface area contributed by atoms with E-state index in [-0.39, 0.29) is 18.2 Å². The van der Waals surface area contributed by atoms with Gasteiger partial charge in [-0.2, -0.15) is 5.10 Å². The maximum Gasteiger partial charge on any atom is 0.407 e. The molecule has 2 atom stereocenters. The van der Waals surface area contributed by atoms with Crippen molar-refractivity contribution in [3.05, 3.63) is 18.0 Å². The molecule has 3 N–H and O–H groups in total. The molecule has 2 rings (SSSR count). The lowest BCUT2D eigenvalue weighted by atomic mass is 9.96. The molecule has 0 aromatic carbocycles. The van der Waals surface area contributed by atoms with Crippen LogP contribution in [0.3, 0.4) is 0 Å². The van der Waals surface area contributed by atoms with E-state index >= 15 is 0 Å². The monoisotopic (exact) mass is 266 g/mol. The van der Waals surface area contributed by atoms with Crippen molar-refractivity contribution in [1.82, 2.24) is 20.8 Å². The van der Waals surface area contributed by atoms with E-state index in [9.17, 15) is 4.79 Å². The van der Waals surface area contributed by atoms with Gasteiger partial charge in [0.2, 0.25) is 0 Å². The molecule has 1 aromatic heterocycles. The number of aromatic amines is 1. The van der Waals surface area contributed by atoms with Crippen molar-refractivity contribution in [2.24, 2.45) is 0 Å². The van der Waals surface area contributed by atoms with Gasteiger partial charge in [-0.25, -0.2) is 4.79 Å². The van der Waals surface area contributed by atoms with Crippen LogP contribution in [-0.2, 0) is 4.74 Å². The smallest absolute Gasteiger partial charge is 0.407 e. The molecule has 0 spiro atoms. The normalized spacial score (nSPS) is 23.9. The van der Waals surface area contributed by atoms with E-state index in [2.05, 4.69) is 20.8 Å². The van der Waals surface area contributed by atoms with Crippen LogP contribution in [0.5, 0.6) is 0 Å². The Morgan fingerprint density at radius 3 is 2.95 bits per heavy atom. The van der Waals surface area contributed by atoms with Gasteiger partial charge >= 0.3 is 6.09 Å². The number of H-pyrrole nitrogens is 1.